The molecule has 1 aromatic heterocycles. The number of nitrogen functional groups attached to an aromatic ring is 1. The van der Waals surface area contributed by atoms with Gasteiger partial charge in [-0.15, -0.1) is 23.5 Å². The van der Waals surface area contributed by atoms with Crippen molar-refractivity contribution < 1.29 is 0 Å². The third-order valence-corrected chi connectivity index (χ3v) is 4.50. The third kappa shape index (κ3) is 3.24. The number of nitrogens with two attached hydrogens (primary N) is 1. The van der Waals surface area contributed by atoms with E-state index in [9.17, 15) is 5.26 Å². The van der Waals surface area contributed by atoms with E-state index in [1.54, 1.807) is 0 Å². The molecular formula is C14H14N4S2. The lowest BCUT2D eigenvalue weighted by Gasteiger charge is -2.08. The van der Waals surface area contributed by atoms with E-state index in [0.717, 1.165) is 5.75 Å². The Balaban J connectivity index is 2.28. The van der Waals surface area contributed by atoms with Crippen molar-refractivity contribution in [1.82, 2.24) is 9.97 Å². The average Bonchev–Trinajstić information content (AvgIpc) is 2.45. The first-order valence-electron chi connectivity index (χ1n) is 5.94. The zero-order chi connectivity index (χ0) is 14.5. The van der Waals surface area contributed by atoms with Gasteiger partial charge in [0, 0.05) is 5.75 Å². The van der Waals surface area contributed by atoms with E-state index in [1.807, 2.05) is 18.4 Å². The second-order valence-corrected chi connectivity index (χ2v) is 5.86. The monoisotopic (exact) mass is 302 g/mol. The van der Waals surface area contributed by atoms with Crippen molar-refractivity contribution >= 4 is 29.5 Å². The number of rotatable bonds is 4. The predicted molar refractivity (Wildman–Crippen MR) is 83.7 cm³/mol. The number of hydrogen-bond donors (Lipinski definition) is 1. The van der Waals surface area contributed by atoms with Gasteiger partial charge in [0.1, 0.15) is 21.7 Å². The van der Waals surface area contributed by atoms with Gasteiger partial charge < -0.3 is 5.73 Å². The SMILES string of the molecule is CSc1nc(N)nc(SCc2ccccc2C)c1C#N. The highest BCUT2D eigenvalue weighted by Gasteiger charge is 2.13. The summed E-state index contributed by atoms with van der Waals surface area (Å²) < 4.78 is 0. The fourth-order valence-corrected chi connectivity index (χ4v) is 3.36. The van der Waals surface area contributed by atoms with E-state index in [4.69, 9.17) is 5.73 Å². The molecule has 0 spiro atoms. The molecule has 0 fully saturated rings. The number of anilines is 1. The fraction of sp³-hybridized carbons (Fsp3) is 0.214. The summed E-state index contributed by atoms with van der Waals surface area (Å²) in [5, 5.41) is 10.6. The van der Waals surface area contributed by atoms with Gasteiger partial charge in [0.15, 0.2) is 0 Å². The number of aromatic nitrogens is 2. The number of benzene rings is 1. The van der Waals surface area contributed by atoms with Crippen LogP contribution in [0.5, 0.6) is 0 Å². The van der Waals surface area contributed by atoms with Gasteiger partial charge in [0.05, 0.1) is 0 Å². The zero-order valence-corrected chi connectivity index (χ0v) is 12.9. The van der Waals surface area contributed by atoms with Gasteiger partial charge in [-0.05, 0) is 24.3 Å². The summed E-state index contributed by atoms with van der Waals surface area (Å²) in [5.41, 5.74) is 8.66. The third-order valence-electron chi connectivity index (χ3n) is 2.79. The summed E-state index contributed by atoms with van der Waals surface area (Å²) >= 11 is 2.92. The van der Waals surface area contributed by atoms with E-state index in [-0.39, 0.29) is 5.95 Å². The summed E-state index contributed by atoms with van der Waals surface area (Å²) in [5.74, 6) is 0.965. The van der Waals surface area contributed by atoms with E-state index >= 15 is 0 Å². The summed E-state index contributed by atoms with van der Waals surface area (Å²) in [4.78, 5) is 8.28. The van der Waals surface area contributed by atoms with Crippen LogP contribution in [0.4, 0.5) is 5.95 Å². The van der Waals surface area contributed by atoms with Crippen LogP contribution in [0.1, 0.15) is 16.7 Å². The minimum atomic E-state index is 0.209. The highest BCUT2D eigenvalue weighted by Crippen LogP contribution is 2.30. The van der Waals surface area contributed by atoms with Crippen molar-refractivity contribution in [3.63, 3.8) is 0 Å². The molecule has 2 N–H and O–H groups in total. The minimum Gasteiger partial charge on any atom is -0.368 e. The molecule has 0 aliphatic carbocycles. The Morgan fingerprint density at radius 1 is 1.25 bits per heavy atom. The summed E-state index contributed by atoms with van der Waals surface area (Å²) in [6, 6.07) is 10.3. The fourth-order valence-electron chi connectivity index (χ4n) is 1.70. The molecule has 0 atom stereocenters. The Hall–Kier alpha value is -1.71. The molecule has 2 rings (SSSR count). The van der Waals surface area contributed by atoms with Crippen molar-refractivity contribution in [3.05, 3.63) is 41.0 Å². The van der Waals surface area contributed by atoms with Crippen LogP contribution >= 0.6 is 23.5 Å². The van der Waals surface area contributed by atoms with Crippen molar-refractivity contribution in [1.29, 1.82) is 5.26 Å². The maximum Gasteiger partial charge on any atom is 0.222 e. The van der Waals surface area contributed by atoms with Gasteiger partial charge >= 0.3 is 0 Å². The summed E-state index contributed by atoms with van der Waals surface area (Å²) in [7, 11) is 0. The largest absolute Gasteiger partial charge is 0.368 e. The van der Waals surface area contributed by atoms with E-state index in [2.05, 4.69) is 35.1 Å². The lowest BCUT2D eigenvalue weighted by Crippen LogP contribution is -2.01. The van der Waals surface area contributed by atoms with Gasteiger partial charge in [-0.25, -0.2) is 9.97 Å². The van der Waals surface area contributed by atoms with Crippen LogP contribution in [-0.2, 0) is 5.75 Å². The highest BCUT2D eigenvalue weighted by atomic mass is 32.2. The average molecular weight is 302 g/mol. The smallest absolute Gasteiger partial charge is 0.222 e. The molecule has 0 amide bonds. The molecule has 0 unspecified atom stereocenters. The summed E-state index contributed by atoms with van der Waals surface area (Å²) in [6.45, 7) is 2.07. The van der Waals surface area contributed by atoms with Crippen molar-refractivity contribution in [3.8, 4) is 6.07 Å². The lowest BCUT2D eigenvalue weighted by molar-refractivity contribution is 0.961. The standard InChI is InChI=1S/C14H14N4S2/c1-9-5-3-4-6-10(9)8-20-13-11(7-15)12(19-2)17-14(16)18-13/h3-6H,8H2,1-2H3,(H2,16,17,18). The maximum atomic E-state index is 9.28. The molecule has 1 heterocycles. The zero-order valence-electron chi connectivity index (χ0n) is 11.3. The van der Waals surface area contributed by atoms with Crippen LogP contribution in [0.25, 0.3) is 0 Å². The molecular weight excluding hydrogens is 288 g/mol. The number of nitrogens with zero attached hydrogens (tertiary/aromatic N) is 3. The second kappa shape index (κ2) is 6.64. The molecule has 0 aliphatic rings. The van der Waals surface area contributed by atoms with Gasteiger partial charge in [-0.1, -0.05) is 24.3 Å². The molecule has 102 valence electrons. The predicted octanol–water partition coefficient (Wildman–Crippen LogP) is 3.25. The van der Waals surface area contributed by atoms with Crippen LogP contribution in [0.15, 0.2) is 34.3 Å². The van der Waals surface area contributed by atoms with E-state index in [1.165, 1.54) is 34.7 Å². The van der Waals surface area contributed by atoms with Gasteiger partial charge in [-0.3, -0.25) is 0 Å². The molecule has 0 saturated heterocycles. The first-order chi connectivity index (χ1) is 9.65. The van der Waals surface area contributed by atoms with E-state index in [0.29, 0.717) is 15.6 Å². The second-order valence-electron chi connectivity index (χ2n) is 4.10. The van der Waals surface area contributed by atoms with Crippen molar-refractivity contribution in [2.45, 2.75) is 22.7 Å². The molecule has 0 saturated carbocycles. The number of nitriles is 1. The molecule has 6 heteroatoms. The number of hydrogen-bond acceptors (Lipinski definition) is 6. The number of aryl methyl sites for hydroxylation is 1. The molecule has 0 radical (unpaired) electrons. The van der Waals surface area contributed by atoms with Crippen LogP contribution in [0.3, 0.4) is 0 Å². The Labute approximate surface area is 126 Å². The Kier molecular flexibility index (Phi) is 4.88. The Morgan fingerprint density at radius 2 is 1.95 bits per heavy atom. The minimum absolute atomic E-state index is 0.209. The molecule has 0 aliphatic heterocycles. The van der Waals surface area contributed by atoms with Crippen LogP contribution in [0, 0.1) is 18.3 Å². The van der Waals surface area contributed by atoms with Crippen LogP contribution in [0.2, 0.25) is 0 Å². The topological polar surface area (TPSA) is 75.6 Å². The van der Waals surface area contributed by atoms with Gasteiger partial charge in [-0.2, -0.15) is 5.26 Å². The van der Waals surface area contributed by atoms with Crippen molar-refractivity contribution in [2.24, 2.45) is 0 Å². The van der Waals surface area contributed by atoms with Crippen LogP contribution < -0.4 is 5.73 Å². The molecule has 2 aromatic rings. The quantitative estimate of drug-likeness (QED) is 0.690. The number of thioether (sulfide) groups is 2. The molecule has 1 aromatic carbocycles. The first kappa shape index (κ1) is 14.7. The van der Waals surface area contributed by atoms with Gasteiger partial charge in [0.2, 0.25) is 5.95 Å². The van der Waals surface area contributed by atoms with Gasteiger partial charge in [0.25, 0.3) is 0 Å². The Morgan fingerprint density at radius 3 is 2.60 bits per heavy atom. The maximum absolute atomic E-state index is 9.28. The van der Waals surface area contributed by atoms with Crippen LogP contribution in [-0.4, -0.2) is 16.2 Å². The lowest BCUT2D eigenvalue weighted by atomic mass is 10.1. The van der Waals surface area contributed by atoms with E-state index < -0.39 is 0 Å². The molecule has 20 heavy (non-hydrogen) atoms. The first-order valence-corrected chi connectivity index (χ1v) is 8.15. The normalized spacial score (nSPS) is 10.2. The summed E-state index contributed by atoms with van der Waals surface area (Å²) in [6.07, 6.45) is 1.87. The van der Waals surface area contributed by atoms with Crippen molar-refractivity contribution in [2.75, 3.05) is 12.0 Å². The highest BCUT2D eigenvalue weighted by molar-refractivity contribution is 7.99. The Bertz CT molecular complexity index is 665. The molecule has 0 bridgehead atoms. The molecule has 4 nitrogen and oxygen atoms in total.